The lowest BCUT2D eigenvalue weighted by Gasteiger charge is -2.13. The summed E-state index contributed by atoms with van der Waals surface area (Å²) in [6, 6.07) is 3.47. The lowest BCUT2D eigenvalue weighted by molar-refractivity contribution is -0.138. The molecule has 0 bridgehead atoms. The molecule has 1 aromatic rings. The maximum atomic E-state index is 11.1. The summed E-state index contributed by atoms with van der Waals surface area (Å²) in [5.74, 6) is -0.314. The van der Waals surface area contributed by atoms with Crippen LogP contribution >= 0.6 is 11.8 Å². The number of thioether (sulfide) groups is 1. The summed E-state index contributed by atoms with van der Waals surface area (Å²) in [4.78, 5) is 15.5. The summed E-state index contributed by atoms with van der Waals surface area (Å²) in [6.45, 7) is 6.70. The minimum atomic E-state index is -0.805. The van der Waals surface area contributed by atoms with Crippen LogP contribution in [0.2, 0.25) is 0 Å². The molecular formula is C13H20N2O2S. The molecule has 18 heavy (non-hydrogen) atoms. The SMILES string of the molecule is CCCNC(CSc1cc(C)cc(C)n1)C(=O)O. The third-order valence-corrected chi connectivity index (χ3v) is 3.42. The molecule has 1 unspecified atom stereocenters. The number of aromatic nitrogens is 1. The molecule has 4 nitrogen and oxygen atoms in total. The van der Waals surface area contributed by atoms with Crippen LogP contribution in [0.4, 0.5) is 0 Å². The standard InChI is InChI=1S/C13H20N2O2S/c1-4-5-14-11(13(16)17)8-18-12-7-9(2)6-10(3)15-12/h6-7,11,14H,4-5,8H2,1-3H3,(H,16,17). The van der Waals surface area contributed by atoms with Crippen LogP contribution in [-0.2, 0) is 4.79 Å². The first-order valence-corrected chi connectivity index (χ1v) is 7.05. The first kappa shape index (κ1) is 15.0. The molecule has 0 fully saturated rings. The van der Waals surface area contributed by atoms with Gasteiger partial charge < -0.3 is 10.4 Å². The van der Waals surface area contributed by atoms with E-state index in [0.717, 1.165) is 29.2 Å². The molecule has 0 amide bonds. The molecule has 100 valence electrons. The fraction of sp³-hybridized carbons (Fsp3) is 0.538. The molecule has 0 saturated carbocycles. The number of nitrogens with one attached hydrogen (secondary N) is 1. The number of carbonyl (C=O) groups is 1. The Morgan fingerprint density at radius 2 is 2.22 bits per heavy atom. The van der Waals surface area contributed by atoms with E-state index in [1.807, 2.05) is 32.9 Å². The average molecular weight is 268 g/mol. The van der Waals surface area contributed by atoms with E-state index >= 15 is 0 Å². The molecule has 1 heterocycles. The van der Waals surface area contributed by atoms with E-state index in [1.54, 1.807) is 0 Å². The molecule has 1 aromatic heterocycles. The second-order valence-corrected chi connectivity index (χ2v) is 5.32. The summed E-state index contributed by atoms with van der Waals surface area (Å²) in [7, 11) is 0. The fourth-order valence-corrected chi connectivity index (χ4v) is 2.66. The molecule has 0 spiro atoms. The quantitative estimate of drug-likeness (QED) is 0.743. The number of aliphatic carboxylic acids is 1. The van der Waals surface area contributed by atoms with Gasteiger partial charge in [-0.3, -0.25) is 4.79 Å². The van der Waals surface area contributed by atoms with Crippen LogP contribution in [0, 0.1) is 13.8 Å². The van der Waals surface area contributed by atoms with Crippen molar-refractivity contribution in [3.05, 3.63) is 23.4 Å². The van der Waals surface area contributed by atoms with Gasteiger partial charge in [-0.15, -0.1) is 11.8 Å². The molecule has 0 aliphatic carbocycles. The zero-order valence-corrected chi connectivity index (χ0v) is 11.9. The van der Waals surface area contributed by atoms with Crippen LogP contribution in [0.1, 0.15) is 24.6 Å². The van der Waals surface area contributed by atoms with Gasteiger partial charge in [0.05, 0.1) is 5.03 Å². The van der Waals surface area contributed by atoms with Gasteiger partial charge >= 0.3 is 5.97 Å². The third kappa shape index (κ3) is 5.06. The lowest BCUT2D eigenvalue weighted by Crippen LogP contribution is -2.39. The van der Waals surface area contributed by atoms with Gasteiger partial charge in [-0.05, 0) is 44.5 Å². The van der Waals surface area contributed by atoms with Gasteiger partial charge in [0, 0.05) is 11.4 Å². The predicted octanol–water partition coefficient (Wildman–Crippen LogP) is 2.24. The van der Waals surface area contributed by atoms with E-state index in [9.17, 15) is 4.79 Å². The highest BCUT2D eigenvalue weighted by atomic mass is 32.2. The molecule has 2 N–H and O–H groups in total. The highest BCUT2D eigenvalue weighted by molar-refractivity contribution is 7.99. The van der Waals surface area contributed by atoms with E-state index in [2.05, 4.69) is 10.3 Å². The second kappa shape index (κ2) is 7.38. The van der Waals surface area contributed by atoms with E-state index < -0.39 is 12.0 Å². The average Bonchev–Trinajstić information content (AvgIpc) is 2.27. The Morgan fingerprint density at radius 1 is 1.50 bits per heavy atom. The maximum absolute atomic E-state index is 11.1. The zero-order valence-electron chi connectivity index (χ0n) is 11.1. The van der Waals surface area contributed by atoms with Crippen LogP contribution in [0.25, 0.3) is 0 Å². The number of pyridine rings is 1. The molecular weight excluding hydrogens is 248 g/mol. The summed E-state index contributed by atoms with van der Waals surface area (Å²) in [6.07, 6.45) is 0.927. The molecule has 1 atom stereocenters. The van der Waals surface area contributed by atoms with Crippen LogP contribution in [0.3, 0.4) is 0 Å². The molecule has 1 rings (SSSR count). The van der Waals surface area contributed by atoms with E-state index in [4.69, 9.17) is 5.11 Å². The van der Waals surface area contributed by atoms with E-state index in [-0.39, 0.29) is 0 Å². The first-order valence-electron chi connectivity index (χ1n) is 6.07. The minimum absolute atomic E-state index is 0.491. The van der Waals surface area contributed by atoms with Crippen molar-refractivity contribution in [3.8, 4) is 0 Å². The second-order valence-electron chi connectivity index (χ2n) is 4.28. The van der Waals surface area contributed by atoms with Gasteiger partial charge in [-0.1, -0.05) is 6.92 Å². The number of hydrogen-bond acceptors (Lipinski definition) is 4. The van der Waals surface area contributed by atoms with Gasteiger partial charge in [0.25, 0.3) is 0 Å². The largest absolute Gasteiger partial charge is 0.480 e. The zero-order chi connectivity index (χ0) is 13.5. The number of aryl methyl sites for hydroxylation is 2. The Balaban J connectivity index is 2.58. The van der Waals surface area contributed by atoms with Crippen molar-refractivity contribution in [1.29, 1.82) is 0 Å². The number of nitrogens with zero attached hydrogens (tertiary/aromatic N) is 1. The van der Waals surface area contributed by atoms with Crippen molar-refractivity contribution >= 4 is 17.7 Å². The third-order valence-electron chi connectivity index (χ3n) is 2.41. The van der Waals surface area contributed by atoms with Gasteiger partial charge in [-0.2, -0.15) is 0 Å². The van der Waals surface area contributed by atoms with Crippen LogP contribution in [0.15, 0.2) is 17.2 Å². The van der Waals surface area contributed by atoms with Crippen molar-refractivity contribution in [2.75, 3.05) is 12.3 Å². The maximum Gasteiger partial charge on any atom is 0.321 e. The van der Waals surface area contributed by atoms with Crippen LogP contribution in [-0.4, -0.2) is 34.4 Å². The normalized spacial score (nSPS) is 12.4. The van der Waals surface area contributed by atoms with Gasteiger partial charge in [-0.25, -0.2) is 4.98 Å². The highest BCUT2D eigenvalue weighted by Gasteiger charge is 2.16. The molecule has 0 aliphatic heterocycles. The summed E-state index contributed by atoms with van der Waals surface area (Å²) in [5.41, 5.74) is 2.12. The number of rotatable bonds is 7. The molecule has 0 saturated heterocycles. The number of carboxylic acids is 1. The highest BCUT2D eigenvalue weighted by Crippen LogP contribution is 2.18. The Kier molecular flexibility index (Phi) is 6.15. The Hall–Kier alpha value is -1.07. The smallest absolute Gasteiger partial charge is 0.321 e. The van der Waals surface area contributed by atoms with E-state index in [1.165, 1.54) is 11.8 Å². The van der Waals surface area contributed by atoms with Crippen molar-refractivity contribution < 1.29 is 9.90 Å². The van der Waals surface area contributed by atoms with Crippen molar-refractivity contribution in [1.82, 2.24) is 10.3 Å². The lowest BCUT2D eigenvalue weighted by atomic mass is 10.3. The summed E-state index contributed by atoms with van der Waals surface area (Å²) < 4.78 is 0. The molecule has 0 aliphatic rings. The van der Waals surface area contributed by atoms with Crippen molar-refractivity contribution in [2.24, 2.45) is 0 Å². The van der Waals surface area contributed by atoms with Gasteiger partial charge in [0.2, 0.25) is 0 Å². The Morgan fingerprint density at radius 3 is 2.78 bits per heavy atom. The van der Waals surface area contributed by atoms with Gasteiger partial charge in [0.1, 0.15) is 6.04 Å². The van der Waals surface area contributed by atoms with Crippen molar-refractivity contribution in [3.63, 3.8) is 0 Å². The Bertz CT molecular complexity index is 390. The van der Waals surface area contributed by atoms with E-state index in [0.29, 0.717) is 5.75 Å². The molecule has 0 radical (unpaired) electrons. The first-order chi connectivity index (χ1) is 8.52. The van der Waals surface area contributed by atoms with Crippen molar-refractivity contribution in [2.45, 2.75) is 38.3 Å². The van der Waals surface area contributed by atoms with Gasteiger partial charge in [0.15, 0.2) is 0 Å². The summed E-state index contributed by atoms with van der Waals surface area (Å²) in [5, 5.41) is 13.0. The number of carboxylic acid groups (broad SMARTS) is 1. The number of hydrogen-bond donors (Lipinski definition) is 2. The van der Waals surface area contributed by atoms with Crippen LogP contribution < -0.4 is 5.32 Å². The monoisotopic (exact) mass is 268 g/mol. The topological polar surface area (TPSA) is 62.2 Å². The molecule has 0 aromatic carbocycles. The van der Waals surface area contributed by atoms with Crippen LogP contribution in [0.5, 0.6) is 0 Å². The Labute approximate surface area is 112 Å². The summed E-state index contributed by atoms with van der Waals surface area (Å²) >= 11 is 1.48. The predicted molar refractivity (Wildman–Crippen MR) is 74.2 cm³/mol. The minimum Gasteiger partial charge on any atom is -0.480 e. The fourth-order valence-electron chi connectivity index (χ4n) is 1.58. The molecule has 5 heteroatoms.